The summed E-state index contributed by atoms with van der Waals surface area (Å²) in [7, 11) is 1.60. The quantitative estimate of drug-likeness (QED) is 0.838. The lowest BCUT2D eigenvalue weighted by atomic mass is 10.1. The topological polar surface area (TPSA) is 56.1 Å². The van der Waals surface area contributed by atoms with Crippen molar-refractivity contribution >= 4 is 21.6 Å². The Labute approximate surface area is 116 Å². The summed E-state index contributed by atoms with van der Waals surface area (Å²) in [5.41, 5.74) is 0.616. The third-order valence-electron chi connectivity index (χ3n) is 2.84. The number of halogens is 1. The average molecular weight is 318 g/mol. The van der Waals surface area contributed by atoms with E-state index in [0.717, 1.165) is 18.5 Å². The van der Waals surface area contributed by atoms with E-state index >= 15 is 0 Å². The summed E-state index contributed by atoms with van der Waals surface area (Å²) in [6.45, 7) is 5.16. The highest BCUT2D eigenvalue weighted by Crippen LogP contribution is 2.18. The second kappa shape index (κ2) is 7.53. The molecule has 0 aliphatic heterocycles. The van der Waals surface area contributed by atoms with Crippen LogP contribution in [-0.4, -0.2) is 29.5 Å². The second-order valence-electron chi connectivity index (χ2n) is 4.05. The van der Waals surface area contributed by atoms with Crippen LogP contribution in [0.1, 0.15) is 26.7 Å². The molecule has 5 nitrogen and oxygen atoms in total. The van der Waals surface area contributed by atoms with Crippen molar-refractivity contribution in [3.63, 3.8) is 0 Å². The number of methoxy groups -OCH3 is 1. The minimum atomic E-state index is -0.136. The molecule has 0 bridgehead atoms. The van der Waals surface area contributed by atoms with Gasteiger partial charge in [-0.25, -0.2) is 4.68 Å². The summed E-state index contributed by atoms with van der Waals surface area (Å²) in [5, 5.41) is 7.45. The average Bonchev–Trinajstić information content (AvgIpc) is 2.39. The Balaban J connectivity index is 2.90. The van der Waals surface area contributed by atoms with E-state index in [0.29, 0.717) is 23.7 Å². The van der Waals surface area contributed by atoms with Crippen molar-refractivity contribution in [3.05, 3.63) is 21.0 Å². The van der Waals surface area contributed by atoms with E-state index in [9.17, 15) is 4.79 Å². The van der Waals surface area contributed by atoms with Gasteiger partial charge >= 0.3 is 0 Å². The highest BCUT2D eigenvalue weighted by molar-refractivity contribution is 9.10. The predicted octanol–water partition coefficient (Wildman–Crippen LogP) is 2.25. The molecule has 102 valence electrons. The monoisotopic (exact) mass is 317 g/mol. The SMILES string of the molecule is CCC(CC)Nc1cnn(CCOC)c(=O)c1Br. The smallest absolute Gasteiger partial charge is 0.283 e. The number of nitrogens with zero attached hydrogens (tertiary/aromatic N) is 2. The fourth-order valence-corrected chi connectivity index (χ4v) is 2.04. The molecule has 0 fully saturated rings. The maximum absolute atomic E-state index is 12.0. The van der Waals surface area contributed by atoms with Crippen molar-refractivity contribution in [1.82, 2.24) is 9.78 Å². The van der Waals surface area contributed by atoms with Gasteiger partial charge in [0.1, 0.15) is 4.47 Å². The lowest BCUT2D eigenvalue weighted by Crippen LogP contribution is -2.27. The molecule has 0 saturated carbocycles. The fourth-order valence-electron chi connectivity index (χ4n) is 1.62. The van der Waals surface area contributed by atoms with Crippen LogP contribution in [-0.2, 0) is 11.3 Å². The standard InChI is InChI=1S/C12H20BrN3O2/c1-4-9(5-2)15-10-8-14-16(6-7-18-3)12(17)11(10)13/h8-9,15H,4-7H2,1-3H3. The Morgan fingerprint density at radius 3 is 2.72 bits per heavy atom. The summed E-state index contributed by atoms with van der Waals surface area (Å²) >= 11 is 3.33. The van der Waals surface area contributed by atoms with Gasteiger partial charge in [-0.3, -0.25) is 4.79 Å². The molecule has 1 aromatic rings. The Kier molecular flexibility index (Phi) is 6.35. The minimum Gasteiger partial charge on any atom is -0.383 e. The van der Waals surface area contributed by atoms with Gasteiger partial charge in [-0.1, -0.05) is 13.8 Å². The summed E-state index contributed by atoms with van der Waals surface area (Å²) in [5.74, 6) is 0. The summed E-state index contributed by atoms with van der Waals surface area (Å²) in [6, 6.07) is 0.359. The normalized spacial score (nSPS) is 10.9. The molecule has 0 spiro atoms. The van der Waals surface area contributed by atoms with Gasteiger partial charge in [0.2, 0.25) is 0 Å². The number of nitrogens with one attached hydrogen (secondary N) is 1. The second-order valence-corrected chi connectivity index (χ2v) is 4.84. The van der Waals surface area contributed by atoms with Crippen LogP contribution in [0.4, 0.5) is 5.69 Å². The van der Waals surface area contributed by atoms with E-state index in [-0.39, 0.29) is 5.56 Å². The van der Waals surface area contributed by atoms with E-state index in [2.05, 4.69) is 40.2 Å². The molecule has 0 aromatic carbocycles. The van der Waals surface area contributed by atoms with Crippen LogP contribution in [0.5, 0.6) is 0 Å². The molecule has 0 unspecified atom stereocenters. The largest absolute Gasteiger partial charge is 0.383 e. The summed E-state index contributed by atoms with van der Waals surface area (Å²) in [4.78, 5) is 12.0. The first-order valence-electron chi connectivity index (χ1n) is 6.15. The lowest BCUT2D eigenvalue weighted by molar-refractivity contribution is 0.181. The number of ether oxygens (including phenoxy) is 1. The molecule has 0 aliphatic rings. The Bertz CT molecular complexity index is 430. The third kappa shape index (κ3) is 3.81. The van der Waals surface area contributed by atoms with Gasteiger partial charge in [0.15, 0.2) is 0 Å². The zero-order chi connectivity index (χ0) is 13.5. The Hall–Kier alpha value is -0.880. The number of rotatable bonds is 7. The highest BCUT2D eigenvalue weighted by atomic mass is 79.9. The molecule has 0 amide bonds. The molecule has 0 radical (unpaired) electrons. The molecule has 0 aliphatic carbocycles. The van der Waals surface area contributed by atoms with Crippen molar-refractivity contribution < 1.29 is 4.74 Å². The van der Waals surface area contributed by atoms with Crippen LogP contribution in [0.25, 0.3) is 0 Å². The third-order valence-corrected chi connectivity index (χ3v) is 3.60. The van der Waals surface area contributed by atoms with Crippen molar-refractivity contribution in [2.45, 2.75) is 39.3 Å². The van der Waals surface area contributed by atoms with Gasteiger partial charge in [0, 0.05) is 13.2 Å². The van der Waals surface area contributed by atoms with Crippen LogP contribution >= 0.6 is 15.9 Å². The fraction of sp³-hybridized carbons (Fsp3) is 0.667. The van der Waals surface area contributed by atoms with Gasteiger partial charge in [-0.05, 0) is 28.8 Å². The predicted molar refractivity (Wildman–Crippen MR) is 76.1 cm³/mol. The van der Waals surface area contributed by atoms with E-state index in [4.69, 9.17) is 4.74 Å². The summed E-state index contributed by atoms with van der Waals surface area (Å²) in [6.07, 6.45) is 3.70. The lowest BCUT2D eigenvalue weighted by Gasteiger charge is -2.17. The van der Waals surface area contributed by atoms with Crippen molar-refractivity contribution in [2.75, 3.05) is 19.0 Å². The zero-order valence-electron chi connectivity index (χ0n) is 11.1. The number of hydrogen-bond acceptors (Lipinski definition) is 4. The molecule has 1 aromatic heterocycles. The minimum absolute atomic E-state index is 0.136. The van der Waals surface area contributed by atoms with E-state index in [1.54, 1.807) is 13.3 Å². The van der Waals surface area contributed by atoms with Crippen molar-refractivity contribution in [3.8, 4) is 0 Å². The van der Waals surface area contributed by atoms with E-state index in [1.165, 1.54) is 4.68 Å². The molecule has 0 atom stereocenters. The Morgan fingerprint density at radius 1 is 1.50 bits per heavy atom. The highest BCUT2D eigenvalue weighted by Gasteiger charge is 2.11. The molecule has 0 saturated heterocycles. The first-order valence-corrected chi connectivity index (χ1v) is 6.94. The Morgan fingerprint density at radius 2 is 2.17 bits per heavy atom. The molecular formula is C12H20BrN3O2. The van der Waals surface area contributed by atoms with E-state index in [1.807, 2.05) is 0 Å². The molecular weight excluding hydrogens is 298 g/mol. The zero-order valence-corrected chi connectivity index (χ0v) is 12.7. The number of hydrogen-bond donors (Lipinski definition) is 1. The van der Waals surface area contributed by atoms with Crippen LogP contribution in [0.3, 0.4) is 0 Å². The van der Waals surface area contributed by atoms with Crippen molar-refractivity contribution in [2.24, 2.45) is 0 Å². The van der Waals surface area contributed by atoms with Crippen LogP contribution in [0.2, 0.25) is 0 Å². The maximum Gasteiger partial charge on any atom is 0.283 e. The van der Waals surface area contributed by atoms with E-state index < -0.39 is 0 Å². The number of anilines is 1. The number of aromatic nitrogens is 2. The van der Waals surface area contributed by atoms with Gasteiger partial charge in [-0.15, -0.1) is 0 Å². The van der Waals surface area contributed by atoms with Gasteiger partial charge in [0.25, 0.3) is 5.56 Å². The van der Waals surface area contributed by atoms with Crippen LogP contribution in [0, 0.1) is 0 Å². The maximum atomic E-state index is 12.0. The van der Waals surface area contributed by atoms with Crippen LogP contribution in [0.15, 0.2) is 15.5 Å². The first kappa shape index (κ1) is 15.2. The van der Waals surface area contributed by atoms with Gasteiger partial charge in [-0.2, -0.15) is 5.10 Å². The van der Waals surface area contributed by atoms with Crippen molar-refractivity contribution in [1.29, 1.82) is 0 Å². The molecule has 1 heterocycles. The summed E-state index contributed by atoms with van der Waals surface area (Å²) < 4.78 is 6.86. The van der Waals surface area contributed by atoms with Crippen LogP contribution < -0.4 is 10.9 Å². The molecule has 1 N–H and O–H groups in total. The first-order chi connectivity index (χ1) is 8.63. The molecule has 6 heteroatoms. The molecule has 18 heavy (non-hydrogen) atoms. The van der Waals surface area contributed by atoms with Gasteiger partial charge in [0.05, 0.1) is 25.0 Å². The van der Waals surface area contributed by atoms with Gasteiger partial charge < -0.3 is 10.1 Å². The molecule has 1 rings (SSSR count).